The summed E-state index contributed by atoms with van der Waals surface area (Å²) in [5.74, 6) is 0.140. The van der Waals surface area contributed by atoms with Gasteiger partial charge in [-0.15, -0.1) is 0 Å². The zero-order chi connectivity index (χ0) is 9.40. The van der Waals surface area contributed by atoms with E-state index in [2.05, 4.69) is 10.3 Å². The average molecular weight is 170 g/mol. The Kier molecular flexibility index (Phi) is 5.97. The van der Waals surface area contributed by atoms with Gasteiger partial charge in [-0.05, 0) is 19.1 Å². The summed E-state index contributed by atoms with van der Waals surface area (Å²) in [7, 11) is 0. The lowest BCUT2D eigenvalue weighted by Crippen LogP contribution is -1.99. The second kappa shape index (κ2) is 6.58. The average Bonchev–Trinajstić information content (AvgIpc) is 2.09. The first-order chi connectivity index (χ1) is 5.83. The summed E-state index contributed by atoms with van der Waals surface area (Å²) in [6.07, 6.45) is 0. The van der Waals surface area contributed by atoms with E-state index in [0.717, 1.165) is 6.54 Å². The summed E-state index contributed by atoms with van der Waals surface area (Å²) < 4.78 is 12.3. The topological polar surface area (TPSA) is 24.9 Å². The predicted octanol–water partition coefficient (Wildman–Crippen LogP) is 2.68. The van der Waals surface area contributed by atoms with E-state index in [0.29, 0.717) is 5.82 Å². The smallest absolute Gasteiger partial charge is 0.214 e. The molecule has 0 aliphatic carbocycles. The van der Waals surface area contributed by atoms with E-state index in [1.54, 1.807) is 12.1 Å². The van der Waals surface area contributed by atoms with Crippen LogP contribution in [0, 0.1) is 5.95 Å². The van der Waals surface area contributed by atoms with Crippen LogP contribution in [0.5, 0.6) is 0 Å². The molecule has 1 N–H and O–H groups in total. The lowest BCUT2D eigenvalue weighted by atomic mass is 10.4. The highest BCUT2D eigenvalue weighted by molar-refractivity contribution is 5.32. The van der Waals surface area contributed by atoms with Crippen LogP contribution in [0.4, 0.5) is 10.2 Å². The fourth-order valence-corrected chi connectivity index (χ4v) is 0.688. The minimum atomic E-state index is -0.446. The van der Waals surface area contributed by atoms with Crippen molar-refractivity contribution in [2.45, 2.75) is 20.8 Å². The Balaban J connectivity index is 0.000000561. The molecule has 0 saturated carbocycles. The van der Waals surface area contributed by atoms with Crippen LogP contribution in [0.1, 0.15) is 20.8 Å². The number of hydrogen-bond donors (Lipinski definition) is 1. The van der Waals surface area contributed by atoms with E-state index in [9.17, 15) is 4.39 Å². The predicted molar refractivity (Wildman–Crippen MR) is 49.7 cm³/mol. The van der Waals surface area contributed by atoms with E-state index in [1.165, 1.54) is 6.07 Å². The summed E-state index contributed by atoms with van der Waals surface area (Å²) in [6, 6.07) is 4.67. The van der Waals surface area contributed by atoms with Crippen molar-refractivity contribution in [3.63, 3.8) is 0 Å². The summed E-state index contributed by atoms with van der Waals surface area (Å²) in [5.41, 5.74) is 0. The van der Waals surface area contributed by atoms with Gasteiger partial charge in [0.2, 0.25) is 5.95 Å². The molecule has 1 aromatic rings. The third-order valence-corrected chi connectivity index (χ3v) is 1.07. The molecule has 1 rings (SSSR count). The molecule has 0 saturated heterocycles. The molecule has 0 fully saturated rings. The van der Waals surface area contributed by atoms with Gasteiger partial charge in [0, 0.05) is 6.54 Å². The SMILES string of the molecule is CC.CCNc1cccc(F)n1. The summed E-state index contributed by atoms with van der Waals surface area (Å²) in [4.78, 5) is 3.59. The molecule has 2 nitrogen and oxygen atoms in total. The van der Waals surface area contributed by atoms with Crippen LogP contribution in [-0.2, 0) is 0 Å². The molecule has 1 heterocycles. The molecule has 0 aliphatic rings. The Morgan fingerprint density at radius 1 is 1.42 bits per heavy atom. The van der Waals surface area contributed by atoms with Crippen LogP contribution in [-0.4, -0.2) is 11.5 Å². The highest BCUT2D eigenvalue weighted by atomic mass is 19.1. The van der Waals surface area contributed by atoms with Gasteiger partial charge < -0.3 is 5.32 Å². The quantitative estimate of drug-likeness (QED) is 0.690. The minimum Gasteiger partial charge on any atom is -0.370 e. The van der Waals surface area contributed by atoms with Crippen LogP contribution in [0.15, 0.2) is 18.2 Å². The minimum absolute atomic E-state index is 0.446. The first-order valence-electron chi connectivity index (χ1n) is 4.19. The number of anilines is 1. The van der Waals surface area contributed by atoms with Crippen LogP contribution >= 0.6 is 0 Å². The Bertz CT molecular complexity index is 213. The van der Waals surface area contributed by atoms with E-state index in [4.69, 9.17) is 0 Å². The molecular weight excluding hydrogens is 155 g/mol. The molecule has 0 spiro atoms. The molecule has 0 unspecified atom stereocenters. The number of pyridine rings is 1. The highest BCUT2D eigenvalue weighted by Gasteiger charge is 1.91. The van der Waals surface area contributed by atoms with Crippen LogP contribution in [0.3, 0.4) is 0 Å². The molecular formula is C9H15FN2. The Morgan fingerprint density at radius 3 is 2.58 bits per heavy atom. The summed E-state index contributed by atoms with van der Waals surface area (Å²) in [6.45, 7) is 6.70. The van der Waals surface area contributed by atoms with Crippen LogP contribution in [0.25, 0.3) is 0 Å². The summed E-state index contributed by atoms with van der Waals surface area (Å²) >= 11 is 0. The zero-order valence-electron chi connectivity index (χ0n) is 7.76. The normalized spacial score (nSPS) is 8.33. The standard InChI is InChI=1S/C7H9FN2.C2H6/c1-2-9-7-5-3-4-6(8)10-7;1-2/h3-5H,2H2,1H3,(H,9,10);1-2H3. The van der Waals surface area contributed by atoms with Crippen molar-refractivity contribution < 1.29 is 4.39 Å². The lowest BCUT2D eigenvalue weighted by Gasteiger charge is -1.99. The number of rotatable bonds is 2. The fraction of sp³-hybridized carbons (Fsp3) is 0.444. The molecule has 68 valence electrons. The van der Waals surface area contributed by atoms with Gasteiger partial charge in [0.15, 0.2) is 0 Å². The van der Waals surface area contributed by atoms with Crippen molar-refractivity contribution in [2.75, 3.05) is 11.9 Å². The van der Waals surface area contributed by atoms with E-state index in [1.807, 2.05) is 20.8 Å². The number of hydrogen-bond acceptors (Lipinski definition) is 2. The number of aromatic nitrogens is 1. The first kappa shape index (κ1) is 10.9. The number of nitrogens with zero attached hydrogens (tertiary/aromatic N) is 1. The van der Waals surface area contributed by atoms with Crippen LogP contribution in [0.2, 0.25) is 0 Å². The Hall–Kier alpha value is -1.12. The maximum absolute atomic E-state index is 12.3. The molecule has 1 aromatic heterocycles. The van der Waals surface area contributed by atoms with Gasteiger partial charge in [0.05, 0.1) is 0 Å². The van der Waals surface area contributed by atoms with Gasteiger partial charge in [0.1, 0.15) is 5.82 Å². The molecule has 0 amide bonds. The van der Waals surface area contributed by atoms with Gasteiger partial charge in [-0.2, -0.15) is 4.39 Å². The molecule has 0 aromatic carbocycles. The van der Waals surface area contributed by atoms with Gasteiger partial charge in [-0.3, -0.25) is 0 Å². The van der Waals surface area contributed by atoms with Gasteiger partial charge in [-0.1, -0.05) is 19.9 Å². The van der Waals surface area contributed by atoms with E-state index in [-0.39, 0.29) is 0 Å². The van der Waals surface area contributed by atoms with Crippen molar-refractivity contribution in [2.24, 2.45) is 0 Å². The fourth-order valence-electron chi connectivity index (χ4n) is 0.688. The molecule has 0 radical (unpaired) electrons. The van der Waals surface area contributed by atoms with Gasteiger partial charge >= 0.3 is 0 Å². The van der Waals surface area contributed by atoms with Crippen molar-refractivity contribution in [1.82, 2.24) is 4.98 Å². The van der Waals surface area contributed by atoms with Crippen LogP contribution < -0.4 is 5.32 Å². The third-order valence-electron chi connectivity index (χ3n) is 1.07. The number of nitrogens with one attached hydrogen (secondary N) is 1. The monoisotopic (exact) mass is 170 g/mol. The third kappa shape index (κ3) is 3.91. The summed E-state index contributed by atoms with van der Waals surface area (Å²) in [5, 5.41) is 2.90. The Labute approximate surface area is 72.8 Å². The van der Waals surface area contributed by atoms with Crippen molar-refractivity contribution in [3.8, 4) is 0 Å². The van der Waals surface area contributed by atoms with Crippen molar-refractivity contribution >= 4 is 5.82 Å². The molecule has 3 heteroatoms. The molecule has 12 heavy (non-hydrogen) atoms. The largest absolute Gasteiger partial charge is 0.370 e. The first-order valence-corrected chi connectivity index (χ1v) is 4.19. The van der Waals surface area contributed by atoms with E-state index >= 15 is 0 Å². The number of halogens is 1. The second-order valence-corrected chi connectivity index (χ2v) is 1.88. The Morgan fingerprint density at radius 2 is 2.08 bits per heavy atom. The van der Waals surface area contributed by atoms with E-state index < -0.39 is 5.95 Å². The lowest BCUT2D eigenvalue weighted by molar-refractivity contribution is 0.585. The maximum Gasteiger partial charge on any atom is 0.214 e. The van der Waals surface area contributed by atoms with Gasteiger partial charge in [0.25, 0.3) is 0 Å². The molecule has 0 aliphatic heterocycles. The van der Waals surface area contributed by atoms with Crippen molar-refractivity contribution in [3.05, 3.63) is 24.1 Å². The molecule has 0 bridgehead atoms. The van der Waals surface area contributed by atoms with Gasteiger partial charge in [-0.25, -0.2) is 4.98 Å². The molecule has 0 atom stereocenters. The maximum atomic E-state index is 12.3. The van der Waals surface area contributed by atoms with Crippen molar-refractivity contribution in [1.29, 1.82) is 0 Å². The zero-order valence-corrected chi connectivity index (χ0v) is 7.76. The second-order valence-electron chi connectivity index (χ2n) is 1.88. The highest BCUT2D eigenvalue weighted by Crippen LogP contribution is 2.01.